The molecule has 1 unspecified atom stereocenters. The summed E-state index contributed by atoms with van der Waals surface area (Å²) in [5.74, 6) is 0.176. The minimum absolute atomic E-state index is 0.0567. The van der Waals surface area contributed by atoms with E-state index in [0.717, 1.165) is 41.1 Å². The number of furan rings is 1. The highest BCUT2D eigenvalue weighted by Crippen LogP contribution is 2.30. The monoisotopic (exact) mass is 420 g/mol. The van der Waals surface area contributed by atoms with Crippen LogP contribution in [0.15, 0.2) is 27.1 Å². The van der Waals surface area contributed by atoms with Crippen LogP contribution >= 0.6 is 15.9 Å². The van der Waals surface area contributed by atoms with Crippen molar-refractivity contribution in [3.8, 4) is 0 Å². The molecule has 1 atom stereocenters. The number of fused-ring (bicyclic) bond motifs is 1. The second-order valence-electron chi connectivity index (χ2n) is 6.93. The highest BCUT2D eigenvalue weighted by Gasteiger charge is 2.31. The Bertz CT molecular complexity index is 815. The molecular weight excluding hydrogens is 396 g/mol. The van der Waals surface area contributed by atoms with Gasteiger partial charge in [-0.25, -0.2) is 0 Å². The third-order valence-corrected chi connectivity index (χ3v) is 5.49. The standard InChI is InChI=1S/C20H25BrN2O3/c1-3-4-9-22-19(24)14-6-5-10-23(12-14)20(25)18-13(2)16-11-15(21)7-8-17(16)26-18/h7-8,11,14H,3-6,9-10,12H2,1-2H3,(H,22,24). The molecule has 1 fully saturated rings. The van der Waals surface area contributed by atoms with Crippen LogP contribution in [0.1, 0.15) is 48.7 Å². The zero-order valence-corrected chi connectivity index (χ0v) is 16.9. The van der Waals surface area contributed by atoms with Crippen LogP contribution in [0.5, 0.6) is 0 Å². The number of hydrogen-bond acceptors (Lipinski definition) is 3. The van der Waals surface area contributed by atoms with Gasteiger partial charge in [-0.1, -0.05) is 29.3 Å². The number of carbonyl (C=O) groups is 2. The van der Waals surface area contributed by atoms with E-state index in [1.54, 1.807) is 4.90 Å². The van der Waals surface area contributed by atoms with Crippen molar-refractivity contribution in [3.05, 3.63) is 34.0 Å². The Balaban J connectivity index is 1.73. The summed E-state index contributed by atoms with van der Waals surface area (Å²) in [5, 5.41) is 3.92. The van der Waals surface area contributed by atoms with E-state index in [1.807, 2.05) is 25.1 Å². The van der Waals surface area contributed by atoms with Gasteiger partial charge in [-0.3, -0.25) is 9.59 Å². The van der Waals surface area contributed by atoms with E-state index in [0.29, 0.717) is 31.0 Å². The van der Waals surface area contributed by atoms with Crippen LogP contribution in [0.25, 0.3) is 11.0 Å². The summed E-state index contributed by atoms with van der Waals surface area (Å²) in [7, 11) is 0. The van der Waals surface area contributed by atoms with Gasteiger partial charge in [-0.2, -0.15) is 0 Å². The average Bonchev–Trinajstić information content (AvgIpc) is 2.97. The van der Waals surface area contributed by atoms with Crippen molar-refractivity contribution in [2.75, 3.05) is 19.6 Å². The van der Waals surface area contributed by atoms with E-state index in [1.165, 1.54) is 0 Å². The molecule has 1 aliphatic rings. The highest BCUT2D eigenvalue weighted by atomic mass is 79.9. The van der Waals surface area contributed by atoms with Crippen molar-refractivity contribution < 1.29 is 14.0 Å². The van der Waals surface area contributed by atoms with Gasteiger partial charge < -0.3 is 14.6 Å². The van der Waals surface area contributed by atoms with Crippen molar-refractivity contribution in [1.29, 1.82) is 0 Å². The lowest BCUT2D eigenvalue weighted by Crippen LogP contribution is -2.45. The number of rotatable bonds is 5. The molecule has 1 aromatic heterocycles. The number of carbonyl (C=O) groups excluding carboxylic acids is 2. The SMILES string of the molecule is CCCCNC(=O)C1CCCN(C(=O)c2oc3ccc(Br)cc3c2C)C1. The molecule has 140 valence electrons. The Morgan fingerprint density at radius 2 is 2.19 bits per heavy atom. The zero-order valence-electron chi connectivity index (χ0n) is 15.3. The number of nitrogens with one attached hydrogen (secondary N) is 1. The molecule has 2 aromatic rings. The number of aryl methyl sites for hydroxylation is 1. The first-order chi connectivity index (χ1) is 12.5. The Morgan fingerprint density at radius 1 is 1.38 bits per heavy atom. The maximum Gasteiger partial charge on any atom is 0.289 e. The smallest absolute Gasteiger partial charge is 0.289 e. The molecule has 0 spiro atoms. The summed E-state index contributed by atoms with van der Waals surface area (Å²) in [6.07, 6.45) is 3.70. The molecular formula is C20H25BrN2O3. The third kappa shape index (κ3) is 3.95. The summed E-state index contributed by atoms with van der Waals surface area (Å²) < 4.78 is 6.78. The maximum atomic E-state index is 13.0. The van der Waals surface area contributed by atoms with E-state index >= 15 is 0 Å². The average molecular weight is 421 g/mol. The van der Waals surface area contributed by atoms with Gasteiger partial charge in [0.15, 0.2) is 5.76 Å². The number of unbranched alkanes of at least 4 members (excludes halogenated alkanes) is 1. The zero-order chi connectivity index (χ0) is 18.7. The van der Waals surface area contributed by atoms with E-state index < -0.39 is 0 Å². The molecule has 2 heterocycles. The number of nitrogens with zero attached hydrogens (tertiary/aromatic N) is 1. The van der Waals surface area contributed by atoms with Gasteiger partial charge >= 0.3 is 0 Å². The first-order valence-corrected chi connectivity index (χ1v) is 10.1. The summed E-state index contributed by atoms with van der Waals surface area (Å²) in [5.41, 5.74) is 1.56. The summed E-state index contributed by atoms with van der Waals surface area (Å²) in [4.78, 5) is 27.1. The predicted octanol–water partition coefficient (Wildman–Crippen LogP) is 4.27. The fourth-order valence-electron chi connectivity index (χ4n) is 3.45. The lowest BCUT2D eigenvalue weighted by molar-refractivity contribution is -0.126. The van der Waals surface area contributed by atoms with Crippen LogP contribution in [-0.2, 0) is 4.79 Å². The second-order valence-corrected chi connectivity index (χ2v) is 7.85. The van der Waals surface area contributed by atoms with Gasteiger partial charge in [0.25, 0.3) is 5.91 Å². The van der Waals surface area contributed by atoms with E-state index in [-0.39, 0.29) is 17.7 Å². The second kappa shape index (κ2) is 8.25. The molecule has 1 aromatic carbocycles. The minimum atomic E-state index is -0.136. The van der Waals surface area contributed by atoms with Gasteiger partial charge in [-0.05, 0) is 44.4 Å². The van der Waals surface area contributed by atoms with Crippen LogP contribution in [0.4, 0.5) is 0 Å². The van der Waals surface area contributed by atoms with Gasteiger partial charge in [0.1, 0.15) is 5.58 Å². The Kier molecular flexibility index (Phi) is 6.01. The fraction of sp³-hybridized carbons (Fsp3) is 0.500. The van der Waals surface area contributed by atoms with Gasteiger partial charge in [0, 0.05) is 35.1 Å². The van der Waals surface area contributed by atoms with Crippen molar-refractivity contribution in [1.82, 2.24) is 10.2 Å². The quantitative estimate of drug-likeness (QED) is 0.734. The molecule has 0 aliphatic carbocycles. The van der Waals surface area contributed by atoms with Crippen molar-refractivity contribution >= 4 is 38.7 Å². The molecule has 1 N–H and O–H groups in total. The van der Waals surface area contributed by atoms with Crippen LogP contribution < -0.4 is 5.32 Å². The van der Waals surface area contributed by atoms with Crippen LogP contribution in [0, 0.1) is 12.8 Å². The van der Waals surface area contributed by atoms with Crippen molar-refractivity contribution in [2.24, 2.45) is 5.92 Å². The van der Waals surface area contributed by atoms with Gasteiger partial charge in [0.05, 0.1) is 5.92 Å². The molecule has 3 rings (SSSR count). The minimum Gasteiger partial charge on any atom is -0.451 e. The Morgan fingerprint density at radius 3 is 2.96 bits per heavy atom. The summed E-state index contributed by atoms with van der Waals surface area (Å²) >= 11 is 3.46. The maximum absolute atomic E-state index is 13.0. The topological polar surface area (TPSA) is 62.6 Å². The molecule has 0 radical (unpaired) electrons. The number of amides is 2. The third-order valence-electron chi connectivity index (χ3n) is 5.00. The van der Waals surface area contributed by atoms with Gasteiger partial charge in [0.2, 0.25) is 5.91 Å². The summed E-state index contributed by atoms with van der Waals surface area (Å²) in [6, 6.07) is 5.73. The molecule has 2 amide bonds. The largest absolute Gasteiger partial charge is 0.451 e. The van der Waals surface area contributed by atoms with Crippen LogP contribution in [0.2, 0.25) is 0 Å². The number of benzene rings is 1. The van der Waals surface area contributed by atoms with Crippen molar-refractivity contribution in [3.63, 3.8) is 0 Å². The Labute approximate surface area is 162 Å². The lowest BCUT2D eigenvalue weighted by atomic mass is 9.96. The number of hydrogen-bond donors (Lipinski definition) is 1. The highest BCUT2D eigenvalue weighted by molar-refractivity contribution is 9.10. The molecule has 1 aliphatic heterocycles. The van der Waals surface area contributed by atoms with Crippen molar-refractivity contribution in [2.45, 2.75) is 39.5 Å². The molecule has 6 heteroatoms. The number of halogens is 1. The summed E-state index contributed by atoms with van der Waals surface area (Å²) in [6.45, 7) is 5.83. The normalized spacial score (nSPS) is 17.5. The van der Waals surface area contributed by atoms with Crippen LogP contribution in [0.3, 0.4) is 0 Å². The number of likely N-dealkylation sites (tertiary alicyclic amines) is 1. The van der Waals surface area contributed by atoms with E-state index in [9.17, 15) is 9.59 Å². The predicted molar refractivity (Wildman–Crippen MR) is 105 cm³/mol. The molecule has 26 heavy (non-hydrogen) atoms. The Hall–Kier alpha value is -1.82. The lowest BCUT2D eigenvalue weighted by Gasteiger charge is -2.31. The molecule has 0 bridgehead atoms. The molecule has 0 saturated carbocycles. The van der Waals surface area contributed by atoms with Crippen LogP contribution in [-0.4, -0.2) is 36.3 Å². The van der Waals surface area contributed by atoms with Gasteiger partial charge in [-0.15, -0.1) is 0 Å². The van der Waals surface area contributed by atoms with E-state index in [4.69, 9.17) is 4.42 Å². The first kappa shape index (κ1) is 19.0. The molecule has 1 saturated heterocycles. The first-order valence-electron chi connectivity index (χ1n) is 9.27. The number of piperidine rings is 1. The fourth-order valence-corrected chi connectivity index (χ4v) is 3.81. The van der Waals surface area contributed by atoms with E-state index in [2.05, 4.69) is 28.2 Å². The molecule has 5 nitrogen and oxygen atoms in total.